The van der Waals surface area contributed by atoms with Crippen LogP contribution in [0, 0.1) is 5.92 Å². The summed E-state index contributed by atoms with van der Waals surface area (Å²) in [5.41, 5.74) is 7.64. The maximum atomic E-state index is 12.3. The van der Waals surface area contributed by atoms with E-state index in [0.717, 1.165) is 12.0 Å². The summed E-state index contributed by atoms with van der Waals surface area (Å²) in [5.74, 6) is -1.57. The lowest BCUT2D eigenvalue weighted by molar-refractivity contribution is -0.149. The molecule has 0 saturated carbocycles. The Bertz CT molecular complexity index is 629. The highest BCUT2D eigenvalue weighted by Gasteiger charge is 2.24. The smallest absolute Gasteiger partial charge is 0.329 e. The molecule has 0 radical (unpaired) electrons. The van der Waals surface area contributed by atoms with Gasteiger partial charge in [-0.1, -0.05) is 50.3 Å². The van der Waals surface area contributed by atoms with E-state index < -0.39 is 29.9 Å². The third-order valence-electron chi connectivity index (χ3n) is 3.90. The molecule has 0 aliphatic heterocycles. The number of nitrogens with one attached hydrogen (secondary N) is 1. The fraction of sp³-hybridized carbons (Fsp3) is 0.526. The van der Waals surface area contributed by atoms with Crippen molar-refractivity contribution in [2.75, 3.05) is 6.61 Å². The molecule has 0 bridgehead atoms. The average Bonchev–Trinajstić information content (AvgIpc) is 2.57. The SMILES string of the molecule is CC(C)Cc1ccc([C@@H](C)C(=O)OC[C@H](NC(=S)[C@H](C)N)C(=O)O)cc1. The number of nitrogens with two attached hydrogens (primary N) is 1. The van der Waals surface area contributed by atoms with Crippen LogP contribution in [0.4, 0.5) is 0 Å². The van der Waals surface area contributed by atoms with Gasteiger partial charge in [0.2, 0.25) is 0 Å². The lowest BCUT2D eigenvalue weighted by Gasteiger charge is -2.19. The van der Waals surface area contributed by atoms with Gasteiger partial charge in [-0.2, -0.15) is 0 Å². The van der Waals surface area contributed by atoms with Crippen molar-refractivity contribution in [3.8, 4) is 0 Å². The second kappa shape index (κ2) is 10.2. The Labute approximate surface area is 160 Å². The van der Waals surface area contributed by atoms with E-state index in [2.05, 4.69) is 19.2 Å². The summed E-state index contributed by atoms with van der Waals surface area (Å²) in [7, 11) is 0. The molecule has 0 fully saturated rings. The zero-order valence-corrected chi connectivity index (χ0v) is 16.5. The van der Waals surface area contributed by atoms with Gasteiger partial charge in [0.05, 0.1) is 16.9 Å². The van der Waals surface area contributed by atoms with E-state index in [0.29, 0.717) is 5.92 Å². The van der Waals surface area contributed by atoms with Gasteiger partial charge >= 0.3 is 11.9 Å². The first-order chi connectivity index (χ1) is 12.1. The van der Waals surface area contributed by atoms with Crippen molar-refractivity contribution in [1.82, 2.24) is 5.32 Å². The van der Waals surface area contributed by atoms with E-state index in [9.17, 15) is 14.7 Å². The predicted octanol–water partition coefficient (Wildman–Crippen LogP) is 2.25. The van der Waals surface area contributed by atoms with Crippen molar-refractivity contribution in [2.45, 2.75) is 52.1 Å². The Morgan fingerprint density at radius 2 is 1.77 bits per heavy atom. The van der Waals surface area contributed by atoms with Crippen LogP contribution in [0.1, 0.15) is 44.7 Å². The normalized spacial score (nSPS) is 14.4. The van der Waals surface area contributed by atoms with Gasteiger partial charge in [0.25, 0.3) is 0 Å². The summed E-state index contributed by atoms with van der Waals surface area (Å²) in [6, 6.07) is 6.21. The molecule has 0 aromatic heterocycles. The van der Waals surface area contributed by atoms with Gasteiger partial charge in [-0.05, 0) is 37.3 Å². The lowest BCUT2D eigenvalue weighted by atomic mass is 9.97. The highest BCUT2D eigenvalue weighted by molar-refractivity contribution is 7.80. The molecule has 1 aromatic rings. The summed E-state index contributed by atoms with van der Waals surface area (Å²) >= 11 is 4.98. The summed E-state index contributed by atoms with van der Waals surface area (Å²) < 4.78 is 5.17. The second-order valence-corrected chi connectivity index (χ2v) is 7.32. The maximum Gasteiger partial charge on any atom is 0.329 e. The molecule has 0 aliphatic carbocycles. The second-order valence-electron chi connectivity index (χ2n) is 6.88. The van der Waals surface area contributed by atoms with Crippen LogP contribution in [0.3, 0.4) is 0 Å². The average molecular weight is 381 g/mol. The summed E-state index contributed by atoms with van der Waals surface area (Å²) in [6.07, 6.45) is 0.977. The molecule has 6 nitrogen and oxygen atoms in total. The highest BCUT2D eigenvalue weighted by Crippen LogP contribution is 2.19. The molecule has 0 saturated heterocycles. The number of esters is 1. The zero-order valence-electron chi connectivity index (χ0n) is 15.7. The van der Waals surface area contributed by atoms with Crippen LogP contribution in [0.2, 0.25) is 0 Å². The van der Waals surface area contributed by atoms with E-state index in [1.807, 2.05) is 24.3 Å². The number of carboxylic acids is 1. The molecule has 0 amide bonds. The van der Waals surface area contributed by atoms with E-state index in [4.69, 9.17) is 22.7 Å². The highest BCUT2D eigenvalue weighted by atomic mass is 32.1. The van der Waals surface area contributed by atoms with Crippen LogP contribution in [-0.2, 0) is 20.7 Å². The minimum Gasteiger partial charge on any atom is -0.480 e. The minimum atomic E-state index is -1.16. The monoisotopic (exact) mass is 380 g/mol. The number of carbonyl (C=O) groups excluding carboxylic acids is 1. The van der Waals surface area contributed by atoms with Gasteiger partial charge < -0.3 is 20.9 Å². The van der Waals surface area contributed by atoms with Crippen LogP contribution >= 0.6 is 12.2 Å². The number of thiocarbonyl (C=S) groups is 1. The van der Waals surface area contributed by atoms with Gasteiger partial charge in [-0.25, -0.2) is 4.79 Å². The molecule has 26 heavy (non-hydrogen) atoms. The first-order valence-electron chi connectivity index (χ1n) is 8.66. The number of benzene rings is 1. The van der Waals surface area contributed by atoms with Crippen molar-refractivity contribution in [1.29, 1.82) is 0 Å². The molecule has 144 valence electrons. The van der Waals surface area contributed by atoms with Crippen LogP contribution < -0.4 is 11.1 Å². The Hall–Kier alpha value is -1.99. The summed E-state index contributed by atoms with van der Waals surface area (Å²) in [6.45, 7) is 7.35. The summed E-state index contributed by atoms with van der Waals surface area (Å²) in [4.78, 5) is 23.7. The third-order valence-corrected chi connectivity index (χ3v) is 4.39. The molecule has 0 heterocycles. The lowest BCUT2D eigenvalue weighted by Crippen LogP contribution is -2.48. The van der Waals surface area contributed by atoms with Crippen LogP contribution in [0.5, 0.6) is 0 Å². The molecule has 3 atom stereocenters. The number of ether oxygens (including phenoxy) is 1. The maximum absolute atomic E-state index is 12.3. The molecule has 0 spiro atoms. The first-order valence-corrected chi connectivity index (χ1v) is 9.06. The standard InChI is InChI=1S/C19H28N2O4S/c1-11(2)9-14-5-7-15(8-6-14)12(3)19(24)25-10-16(18(22)23)21-17(26)13(4)20/h5-8,11-13,16H,9-10,20H2,1-4H3,(H,21,26)(H,22,23)/t12-,13+,16+/m1/s1. The van der Waals surface area contributed by atoms with Gasteiger partial charge in [-0.15, -0.1) is 0 Å². The molecule has 1 rings (SSSR count). The van der Waals surface area contributed by atoms with Gasteiger partial charge in [0.1, 0.15) is 6.61 Å². The van der Waals surface area contributed by atoms with E-state index in [1.165, 1.54) is 5.56 Å². The van der Waals surface area contributed by atoms with Gasteiger partial charge in [-0.3, -0.25) is 4.79 Å². The number of carbonyl (C=O) groups is 2. The zero-order chi connectivity index (χ0) is 19.9. The quantitative estimate of drug-likeness (QED) is 0.446. The van der Waals surface area contributed by atoms with Gasteiger partial charge in [0, 0.05) is 0 Å². The van der Waals surface area contributed by atoms with Crippen LogP contribution in [0.25, 0.3) is 0 Å². The first kappa shape index (κ1) is 22.1. The molecule has 1 aromatic carbocycles. The Morgan fingerprint density at radius 1 is 1.19 bits per heavy atom. The molecule has 4 N–H and O–H groups in total. The summed E-state index contributed by atoms with van der Waals surface area (Å²) in [5, 5.41) is 11.8. The van der Waals surface area contributed by atoms with E-state index in [1.54, 1.807) is 13.8 Å². The Balaban J connectivity index is 2.64. The van der Waals surface area contributed by atoms with Crippen molar-refractivity contribution >= 4 is 29.1 Å². The van der Waals surface area contributed by atoms with Crippen molar-refractivity contribution in [3.05, 3.63) is 35.4 Å². The Morgan fingerprint density at radius 3 is 2.23 bits per heavy atom. The topological polar surface area (TPSA) is 102 Å². The van der Waals surface area contributed by atoms with E-state index in [-0.39, 0.29) is 11.6 Å². The number of aliphatic carboxylic acids is 1. The molecular formula is C19H28N2O4S. The fourth-order valence-corrected chi connectivity index (χ4v) is 2.46. The van der Waals surface area contributed by atoms with Crippen molar-refractivity contribution in [3.63, 3.8) is 0 Å². The molecule has 0 unspecified atom stereocenters. The molecule has 7 heteroatoms. The minimum absolute atomic E-state index is 0.210. The fourth-order valence-electron chi connectivity index (χ4n) is 2.32. The third kappa shape index (κ3) is 7.09. The molecular weight excluding hydrogens is 352 g/mol. The largest absolute Gasteiger partial charge is 0.480 e. The van der Waals surface area contributed by atoms with Crippen molar-refractivity contribution < 1.29 is 19.4 Å². The van der Waals surface area contributed by atoms with Crippen molar-refractivity contribution in [2.24, 2.45) is 11.7 Å². The Kier molecular flexibility index (Phi) is 8.68. The predicted molar refractivity (Wildman–Crippen MR) is 105 cm³/mol. The van der Waals surface area contributed by atoms with Crippen LogP contribution in [-0.4, -0.2) is 40.7 Å². The number of carboxylic acid groups (broad SMARTS) is 1. The molecule has 0 aliphatic rings. The van der Waals surface area contributed by atoms with E-state index >= 15 is 0 Å². The number of hydrogen-bond acceptors (Lipinski definition) is 5. The van der Waals surface area contributed by atoms with Gasteiger partial charge in [0.15, 0.2) is 6.04 Å². The van der Waals surface area contributed by atoms with Crippen LogP contribution in [0.15, 0.2) is 24.3 Å². The number of hydrogen-bond donors (Lipinski definition) is 3. The number of rotatable bonds is 9.